The average Bonchev–Trinajstić information content (AvgIpc) is 3.03. The Balaban J connectivity index is 2.21. The average molecular weight is 497 g/mol. The Morgan fingerprint density at radius 3 is 2.35 bits per heavy atom. The van der Waals surface area contributed by atoms with E-state index in [1.165, 1.54) is 26.8 Å². The van der Waals surface area contributed by atoms with Gasteiger partial charge in [-0.3, -0.25) is 19.0 Å². The Bertz CT molecular complexity index is 1340. The molecule has 1 aromatic heterocycles. The van der Waals surface area contributed by atoms with E-state index in [0.717, 1.165) is 22.8 Å². The van der Waals surface area contributed by atoms with Crippen LogP contribution in [0.1, 0.15) is 47.8 Å². The van der Waals surface area contributed by atoms with Gasteiger partial charge in [-0.25, -0.2) is 13.2 Å². The molecule has 7 nitrogen and oxygen atoms in total. The number of carboxylic acids is 1. The van der Waals surface area contributed by atoms with Gasteiger partial charge in [0.15, 0.2) is 17.4 Å². The number of carbonyl (C=O) groups is 3. The van der Waals surface area contributed by atoms with Gasteiger partial charge in [-0.2, -0.15) is 0 Å². The van der Waals surface area contributed by atoms with Gasteiger partial charge in [0.2, 0.25) is 5.91 Å². The third kappa shape index (κ3) is 4.45. The second kappa shape index (κ2) is 9.38. The topological polar surface area (TPSA) is 109 Å². The van der Waals surface area contributed by atoms with E-state index in [0.29, 0.717) is 0 Å². The van der Waals surface area contributed by atoms with Gasteiger partial charge in [0.25, 0.3) is 5.91 Å². The summed E-state index contributed by atoms with van der Waals surface area (Å²) in [7, 11) is 0. The minimum absolute atomic E-state index is 0.0226. The molecule has 0 aliphatic carbocycles. The summed E-state index contributed by atoms with van der Waals surface area (Å²) in [6, 6.07) is 3.24. The number of hydrogen-bond acceptors (Lipinski definition) is 4. The number of fused-ring (bicyclic) bond motifs is 1. The summed E-state index contributed by atoms with van der Waals surface area (Å²) in [6.07, 6.45) is -0.361. The Hall–Kier alpha value is -3.53. The summed E-state index contributed by atoms with van der Waals surface area (Å²) >= 11 is 5.67. The lowest BCUT2D eigenvalue weighted by molar-refractivity contribution is -0.137. The van der Waals surface area contributed by atoms with E-state index in [4.69, 9.17) is 16.7 Å². The van der Waals surface area contributed by atoms with Crippen LogP contribution in [0.2, 0.25) is 5.02 Å². The van der Waals surface area contributed by atoms with Crippen molar-refractivity contribution in [2.45, 2.75) is 39.2 Å². The van der Waals surface area contributed by atoms with Gasteiger partial charge < -0.3 is 15.5 Å². The maximum Gasteiger partial charge on any atom is 0.305 e. The molecule has 0 radical (unpaired) electrons. The molecule has 3 rings (SSSR count). The summed E-state index contributed by atoms with van der Waals surface area (Å²) in [4.78, 5) is 36.9. The molecule has 0 fully saturated rings. The van der Waals surface area contributed by atoms with Crippen molar-refractivity contribution in [1.82, 2.24) is 9.88 Å². The van der Waals surface area contributed by atoms with Crippen molar-refractivity contribution in [1.29, 1.82) is 0 Å². The number of carbonyl (C=O) groups excluding carboxylic acids is 2. The lowest BCUT2D eigenvalue weighted by Crippen LogP contribution is -2.37. The molecule has 1 amide bonds. The van der Waals surface area contributed by atoms with Crippen molar-refractivity contribution < 1.29 is 37.8 Å². The van der Waals surface area contributed by atoms with Crippen LogP contribution < -0.4 is 5.32 Å². The number of nitrogens with zero attached hydrogens (tertiary/aromatic N) is 1. The zero-order chi connectivity index (χ0) is 25.5. The quantitative estimate of drug-likeness (QED) is 0.465. The van der Waals surface area contributed by atoms with Crippen molar-refractivity contribution in [2.24, 2.45) is 0 Å². The van der Waals surface area contributed by atoms with Crippen LogP contribution in [0.5, 0.6) is 5.75 Å². The highest BCUT2D eigenvalue weighted by molar-refractivity contribution is 6.30. The Kier molecular flexibility index (Phi) is 6.92. The third-order valence-corrected chi connectivity index (χ3v) is 5.78. The van der Waals surface area contributed by atoms with Gasteiger partial charge >= 0.3 is 5.97 Å². The van der Waals surface area contributed by atoms with Crippen molar-refractivity contribution in [3.8, 4) is 5.75 Å². The van der Waals surface area contributed by atoms with Crippen LogP contribution in [-0.2, 0) is 9.59 Å². The Labute approximate surface area is 196 Å². The van der Waals surface area contributed by atoms with Crippen LogP contribution >= 0.6 is 11.6 Å². The third-order valence-electron chi connectivity index (χ3n) is 5.47. The number of aliphatic carboxylic acids is 1. The summed E-state index contributed by atoms with van der Waals surface area (Å²) in [5, 5.41) is 20.6. The molecule has 1 heterocycles. The molecule has 0 bridgehead atoms. The molecule has 2 aromatic carbocycles. The normalized spacial score (nSPS) is 13.0. The zero-order valence-electron chi connectivity index (χ0n) is 18.2. The largest absolute Gasteiger partial charge is 0.503 e. The molecule has 180 valence electrons. The number of nitrogens with one attached hydrogen (secondary N) is 1. The van der Waals surface area contributed by atoms with Crippen molar-refractivity contribution in [2.75, 3.05) is 0 Å². The highest BCUT2D eigenvalue weighted by atomic mass is 35.5. The smallest absolute Gasteiger partial charge is 0.305 e. The molecule has 2 atom stereocenters. The number of carboxylic acid groups (broad SMARTS) is 1. The van der Waals surface area contributed by atoms with E-state index < -0.39 is 52.9 Å². The number of rotatable bonds is 6. The predicted molar refractivity (Wildman–Crippen MR) is 118 cm³/mol. The van der Waals surface area contributed by atoms with Crippen molar-refractivity contribution in [3.63, 3.8) is 0 Å². The first-order valence-corrected chi connectivity index (χ1v) is 10.5. The fourth-order valence-electron chi connectivity index (χ4n) is 3.87. The van der Waals surface area contributed by atoms with Gasteiger partial charge in [0.05, 0.1) is 22.9 Å². The summed E-state index contributed by atoms with van der Waals surface area (Å²) < 4.78 is 44.2. The molecule has 34 heavy (non-hydrogen) atoms. The molecule has 0 saturated heterocycles. The first-order valence-electron chi connectivity index (χ1n) is 10.1. The fraction of sp³-hybridized carbons (Fsp3) is 0.261. The molecule has 3 N–H and O–H groups in total. The van der Waals surface area contributed by atoms with E-state index in [1.54, 1.807) is 0 Å². The van der Waals surface area contributed by atoms with E-state index >= 15 is 4.39 Å². The zero-order valence-corrected chi connectivity index (χ0v) is 19.0. The monoisotopic (exact) mass is 496 g/mol. The lowest BCUT2D eigenvalue weighted by Gasteiger charge is -2.17. The minimum Gasteiger partial charge on any atom is -0.503 e. The molecule has 0 saturated carbocycles. The van der Waals surface area contributed by atoms with Gasteiger partial charge in [-0.05, 0) is 44.5 Å². The van der Waals surface area contributed by atoms with Crippen LogP contribution in [0.4, 0.5) is 13.2 Å². The van der Waals surface area contributed by atoms with Crippen molar-refractivity contribution in [3.05, 3.63) is 63.6 Å². The number of aromatic hydroxyl groups is 1. The summed E-state index contributed by atoms with van der Waals surface area (Å²) in [5.41, 5.74) is -0.424. The van der Waals surface area contributed by atoms with E-state index in [2.05, 4.69) is 5.32 Å². The van der Waals surface area contributed by atoms with Crippen LogP contribution in [-0.4, -0.2) is 38.6 Å². The summed E-state index contributed by atoms with van der Waals surface area (Å²) in [6.45, 7) is 4.24. The van der Waals surface area contributed by atoms with Gasteiger partial charge in [0.1, 0.15) is 5.82 Å². The summed E-state index contributed by atoms with van der Waals surface area (Å²) in [5.74, 6) is -8.67. The van der Waals surface area contributed by atoms with E-state index in [-0.39, 0.29) is 39.2 Å². The first kappa shape index (κ1) is 25.1. The lowest BCUT2D eigenvalue weighted by atomic mass is 9.96. The number of phenols is 1. The molecule has 2 unspecified atom stereocenters. The van der Waals surface area contributed by atoms with E-state index in [1.807, 2.05) is 0 Å². The molecule has 0 aliphatic heterocycles. The first-order chi connectivity index (χ1) is 15.8. The van der Waals surface area contributed by atoms with E-state index in [9.17, 15) is 28.3 Å². The molecular formula is C23H20ClF3N2O5. The van der Waals surface area contributed by atoms with Crippen molar-refractivity contribution >= 4 is 40.3 Å². The maximum absolute atomic E-state index is 15.1. The van der Waals surface area contributed by atoms with Gasteiger partial charge in [0, 0.05) is 28.8 Å². The Morgan fingerprint density at radius 2 is 1.76 bits per heavy atom. The second-order valence-corrected chi connectivity index (χ2v) is 8.32. The molecular weight excluding hydrogens is 477 g/mol. The van der Waals surface area contributed by atoms with Crippen LogP contribution in [0.15, 0.2) is 24.3 Å². The minimum atomic E-state index is -1.37. The number of benzene rings is 2. The van der Waals surface area contributed by atoms with Gasteiger partial charge in [-0.15, -0.1) is 0 Å². The highest BCUT2D eigenvalue weighted by Gasteiger charge is 2.31. The number of hydrogen-bond donors (Lipinski definition) is 3. The van der Waals surface area contributed by atoms with Crippen LogP contribution in [0.3, 0.4) is 0 Å². The molecule has 0 spiro atoms. The maximum atomic E-state index is 15.1. The Morgan fingerprint density at radius 1 is 1.12 bits per heavy atom. The second-order valence-electron chi connectivity index (χ2n) is 7.91. The predicted octanol–water partition coefficient (Wildman–Crippen LogP) is 4.50. The fourth-order valence-corrected chi connectivity index (χ4v) is 3.99. The highest BCUT2D eigenvalue weighted by Crippen LogP contribution is 2.38. The molecule has 0 aliphatic rings. The molecule has 11 heteroatoms. The molecule has 3 aromatic rings. The van der Waals surface area contributed by atoms with Crippen LogP contribution in [0, 0.1) is 24.4 Å². The SMILES string of the molecule is Cc1c(C(C)C(=O)NC(C)CC(=O)O)c2c(F)c(O)c(F)cc2n1C(=O)c1ccc(Cl)c(F)c1. The van der Waals surface area contributed by atoms with Crippen LogP contribution in [0.25, 0.3) is 10.9 Å². The van der Waals surface area contributed by atoms with Gasteiger partial charge in [-0.1, -0.05) is 11.6 Å². The number of amides is 1. The number of halogens is 4. The standard InChI is InChI=1S/C23H20ClF3N2O5/c1-9(6-17(30)31)28-22(33)10(2)18-11(3)29(16-8-15(26)21(32)20(27)19(16)18)23(34)12-4-5-13(24)14(25)7-12/h4-5,7-10,32H,6H2,1-3H3,(H,28,33)(H,30,31). The number of aromatic nitrogens is 1. The number of phenolic OH excluding ortho intramolecular Hbond substituents is 1.